The number of hydrogen-bond acceptors (Lipinski definition) is 4. The smallest absolute Gasteiger partial charge is 0.307 e. The number of carboxylic acid groups (broad SMARTS) is 1. The van der Waals surface area contributed by atoms with Gasteiger partial charge >= 0.3 is 5.97 Å². The highest BCUT2D eigenvalue weighted by molar-refractivity contribution is 6.07. The second kappa shape index (κ2) is 9.10. The number of aromatic nitrogens is 3. The number of carbonyl (C=O) groups excluding carboxylic acids is 1. The van der Waals surface area contributed by atoms with Gasteiger partial charge < -0.3 is 19.8 Å². The summed E-state index contributed by atoms with van der Waals surface area (Å²) in [4.78, 5) is 33.7. The Bertz CT molecular complexity index is 1620. The molecule has 0 radical (unpaired) electrons. The van der Waals surface area contributed by atoms with E-state index >= 15 is 0 Å². The molecule has 180 valence electrons. The number of hydrogen-bond donors (Lipinski definition) is 3. The van der Waals surface area contributed by atoms with Crippen LogP contribution in [0.5, 0.6) is 11.5 Å². The fraction of sp³-hybridized carbons (Fsp3) is 0.0741. The van der Waals surface area contributed by atoms with Crippen molar-refractivity contribution in [2.24, 2.45) is 0 Å². The summed E-state index contributed by atoms with van der Waals surface area (Å²) >= 11 is 0. The summed E-state index contributed by atoms with van der Waals surface area (Å²) < 4.78 is 35.4. The average molecular weight is 487 g/mol. The van der Waals surface area contributed by atoms with Crippen LogP contribution in [-0.2, 0) is 11.2 Å². The summed E-state index contributed by atoms with van der Waals surface area (Å²) in [5.74, 6) is -2.45. The third-order valence-corrected chi connectivity index (χ3v) is 5.81. The molecule has 2 aromatic heterocycles. The van der Waals surface area contributed by atoms with Gasteiger partial charge in [0.05, 0.1) is 18.2 Å². The van der Waals surface area contributed by atoms with Gasteiger partial charge in [-0.25, -0.2) is 13.8 Å². The molecule has 0 spiro atoms. The van der Waals surface area contributed by atoms with Crippen molar-refractivity contribution in [2.45, 2.75) is 13.3 Å². The van der Waals surface area contributed by atoms with Crippen LogP contribution < -0.4 is 4.74 Å². The maximum Gasteiger partial charge on any atom is 0.307 e. The van der Waals surface area contributed by atoms with Crippen molar-refractivity contribution in [2.75, 3.05) is 0 Å². The number of rotatable bonds is 7. The van der Waals surface area contributed by atoms with Crippen LogP contribution >= 0.6 is 0 Å². The van der Waals surface area contributed by atoms with Crippen LogP contribution in [0.4, 0.5) is 8.78 Å². The molecule has 5 rings (SSSR count). The van der Waals surface area contributed by atoms with E-state index in [4.69, 9.17) is 4.74 Å². The first-order chi connectivity index (χ1) is 17.3. The van der Waals surface area contributed by atoms with Crippen molar-refractivity contribution in [3.05, 3.63) is 101 Å². The van der Waals surface area contributed by atoms with Crippen molar-refractivity contribution in [3.63, 3.8) is 0 Å². The number of aliphatic carboxylic acids is 1. The molecule has 0 aliphatic heterocycles. The molecule has 5 aromatic rings. The average Bonchev–Trinajstić information content (AvgIpc) is 3.50. The molecular weight excluding hydrogens is 468 g/mol. The molecule has 3 N–H and O–H groups in total. The topological polar surface area (TPSA) is 108 Å². The number of ether oxygens (including phenoxy) is 1. The summed E-state index contributed by atoms with van der Waals surface area (Å²) in [7, 11) is 0. The molecule has 0 unspecified atom stereocenters. The number of imidazole rings is 1. The molecule has 0 fully saturated rings. The van der Waals surface area contributed by atoms with Gasteiger partial charge in [-0.15, -0.1) is 0 Å². The highest BCUT2D eigenvalue weighted by atomic mass is 19.1. The Morgan fingerprint density at radius 3 is 2.58 bits per heavy atom. The SMILES string of the molecule is Cc1c(Oc2ccc(F)c(-c3ncc(C(=O)c4ccccc4)[nH]3)c2)c(F)cc2[nH]cc(CC(=O)O)c12. The van der Waals surface area contributed by atoms with E-state index in [2.05, 4.69) is 15.0 Å². The van der Waals surface area contributed by atoms with Gasteiger partial charge in [0.2, 0.25) is 5.78 Å². The first-order valence-electron chi connectivity index (χ1n) is 10.9. The number of halogens is 2. The van der Waals surface area contributed by atoms with Gasteiger partial charge in [-0.1, -0.05) is 30.3 Å². The first kappa shape index (κ1) is 23.0. The number of ketones is 1. The zero-order valence-electron chi connectivity index (χ0n) is 18.9. The molecule has 0 saturated heterocycles. The van der Waals surface area contributed by atoms with Crippen LogP contribution in [0.2, 0.25) is 0 Å². The summed E-state index contributed by atoms with van der Waals surface area (Å²) in [6.07, 6.45) is 2.61. The van der Waals surface area contributed by atoms with Gasteiger partial charge in [0.1, 0.15) is 23.1 Å². The van der Waals surface area contributed by atoms with Gasteiger partial charge in [-0.2, -0.15) is 0 Å². The van der Waals surface area contributed by atoms with Gasteiger partial charge in [0.25, 0.3) is 0 Å². The molecule has 3 aromatic carbocycles. The lowest BCUT2D eigenvalue weighted by Crippen LogP contribution is -2.01. The molecule has 0 aliphatic carbocycles. The van der Waals surface area contributed by atoms with E-state index in [1.165, 1.54) is 30.6 Å². The summed E-state index contributed by atoms with van der Waals surface area (Å²) in [6.45, 7) is 1.62. The van der Waals surface area contributed by atoms with Gasteiger partial charge in [-0.3, -0.25) is 9.59 Å². The number of nitrogens with one attached hydrogen (secondary N) is 2. The quantitative estimate of drug-likeness (QED) is 0.252. The molecule has 0 bridgehead atoms. The lowest BCUT2D eigenvalue weighted by atomic mass is 10.0. The number of carbonyl (C=O) groups is 2. The summed E-state index contributed by atoms with van der Waals surface area (Å²) in [6, 6.07) is 13.7. The Kier molecular flexibility index (Phi) is 5.81. The molecule has 0 atom stereocenters. The normalized spacial score (nSPS) is 11.1. The Hall–Kier alpha value is -4.79. The fourth-order valence-corrected chi connectivity index (χ4v) is 4.14. The predicted octanol–water partition coefficient (Wildman–Crippen LogP) is 5.80. The molecule has 7 nitrogen and oxygen atoms in total. The Morgan fingerprint density at radius 2 is 1.83 bits per heavy atom. The van der Waals surface area contributed by atoms with E-state index in [0.29, 0.717) is 27.6 Å². The predicted molar refractivity (Wildman–Crippen MR) is 128 cm³/mol. The molecule has 0 aliphatic rings. The van der Waals surface area contributed by atoms with E-state index in [1.807, 2.05) is 0 Å². The van der Waals surface area contributed by atoms with Gasteiger partial charge in [-0.05, 0) is 30.7 Å². The largest absolute Gasteiger partial charge is 0.481 e. The van der Waals surface area contributed by atoms with Crippen LogP contribution in [0.1, 0.15) is 27.2 Å². The Balaban J connectivity index is 1.48. The number of aromatic amines is 2. The lowest BCUT2D eigenvalue weighted by Gasteiger charge is -2.13. The van der Waals surface area contributed by atoms with E-state index in [9.17, 15) is 23.5 Å². The maximum absolute atomic E-state index is 14.9. The van der Waals surface area contributed by atoms with Crippen LogP contribution in [-0.4, -0.2) is 31.8 Å². The van der Waals surface area contributed by atoms with E-state index in [-0.39, 0.29) is 40.8 Å². The molecule has 2 heterocycles. The third kappa shape index (κ3) is 4.22. The minimum Gasteiger partial charge on any atom is -0.481 e. The minimum atomic E-state index is -1.02. The Morgan fingerprint density at radius 1 is 1.06 bits per heavy atom. The van der Waals surface area contributed by atoms with Crippen molar-refractivity contribution in [1.82, 2.24) is 15.0 Å². The number of nitrogens with zero attached hydrogens (tertiary/aromatic N) is 1. The zero-order chi connectivity index (χ0) is 25.4. The molecule has 0 saturated carbocycles. The second-order valence-electron chi connectivity index (χ2n) is 8.20. The minimum absolute atomic E-state index is 0.0342. The summed E-state index contributed by atoms with van der Waals surface area (Å²) in [5.41, 5.74) is 2.02. The molecule has 36 heavy (non-hydrogen) atoms. The standard InChI is InChI=1S/C27H19F2N3O4/c1-14-24-16(9-23(33)34)12-30-21(24)11-20(29)26(14)36-17-7-8-19(28)18(10-17)27-31-13-22(32-27)25(35)15-5-3-2-4-6-15/h2-8,10-13,30H,9H2,1H3,(H,31,32)(H,33,34). The number of benzene rings is 3. The first-order valence-corrected chi connectivity index (χ1v) is 10.9. The van der Waals surface area contributed by atoms with Crippen LogP contribution in [0.15, 0.2) is 67.0 Å². The highest BCUT2D eigenvalue weighted by Crippen LogP contribution is 2.36. The molecule has 9 heteroatoms. The fourth-order valence-electron chi connectivity index (χ4n) is 4.14. The van der Waals surface area contributed by atoms with E-state index in [1.54, 1.807) is 37.3 Å². The van der Waals surface area contributed by atoms with Crippen molar-refractivity contribution in [1.29, 1.82) is 0 Å². The van der Waals surface area contributed by atoms with Crippen LogP contribution in [0, 0.1) is 18.6 Å². The van der Waals surface area contributed by atoms with E-state index in [0.717, 1.165) is 6.07 Å². The summed E-state index contributed by atoms with van der Waals surface area (Å²) in [5, 5.41) is 9.72. The van der Waals surface area contributed by atoms with Gasteiger partial charge in [0.15, 0.2) is 11.6 Å². The number of fused-ring (bicyclic) bond motifs is 1. The Labute approximate surface area is 203 Å². The lowest BCUT2D eigenvalue weighted by molar-refractivity contribution is -0.136. The van der Waals surface area contributed by atoms with Crippen molar-refractivity contribution < 1.29 is 28.2 Å². The number of aryl methyl sites for hydroxylation is 1. The maximum atomic E-state index is 14.9. The number of H-pyrrole nitrogens is 2. The highest BCUT2D eigenvalue weighted by Gasteiger charge is 2.20. The molecular formula is C27H19F2N3O4. The van der Waals surface area contributed by atoms with E-state index < -0.39 is 17.6 Å². The van der Waals surface area contributed by atoms with Crippen LogP contribution in [0.25, 0.3) is 22.3 Å². The molecule has 0 amide bonds. The number of carboxylic acids is 1. The monoisotopic (exact) mass is 487 g/mol. The third-order valence-electron chi connectivity index (χ3n) is 5.81. The second-order valence-corrected chi connectivity index (χ2v) is 8.20. The van der Waals surface area contributed by atoms with Crippen LogP contribution in [0.3, 0.4) is 0 Å². The van der Waals surface area contributed by atoms with Gasteiger partial charge in [0, 0.05) is 34.3 Å². The van der Waals surface area contributed by atoms with Crippen molar-refractivity contribution in [3.8, 4) is 22.9 Å². The zero-order valence-corrected chi connectivity index (χ0v) is 18.9. The van der Waals surface area contributed by atoms with Crippen molar-refractivity contribution >= 4 is 22.7 Å².